The minimum atomic E-state index is -1.46. The van der Waals surface area contributed by atoms with Crippen LogP contribution in [0.15, 0.2) is 48.8 Å². The zero-order chi connectivity index (χ0) is 28.8. The summed E-state index contributed by atoms with van der Waals surface area (Å²) in [5.41, 5.74) is 2.54. The topological polar surface area (TPSA) is 157 Å². The molecule has 2 saturated heterocycles. The van der Waals surface area contributed by atoms with Gasteiger partial charge >= 0.3 is 0 Å². The maximum atomic E-state index is 14.7. The fraction of sp³-hybridized carbons (Fsp3) is 0.393. The lowest BCUT2D eigenvalue weighted by molar-refractivity contribution is -0.138. The number of nitrogens with one attached hydrogen (secondary N) is 1. The second-order valence-corrected chi connectivity index (χ2v) is 9.71. The Kier molecular flexibility index (Phi) is 8.83. The lowest BCUT2D eigenvalue weighted by Gasteiger charge is -2.34. The highest BCUT2D eigenvalue weighted by Gasteiger charge is 2.33. The smallest absolute Gasteiger partial charge is 0.248 e. The van der Waals surface area contributed by atoms with E-state index in [0.717, 1.165) is 17.9 Å². The summed E-state index contributed by atoms with van der Waals surface area (Å²) in [6, 6.07) is 14.7. The standard InChI is InChI=1S/C28H30FN7O5/c29-23-14-36(26(39)16-38)8-7-25(23)41-24-6-1-18(11-19(24)12-30)27-31-17-32-28(34-27)33-20-2-4-21(5-3-20)35-9-10-40-22(13-35)15-37/h1-6,11,17,22-23,25,37-38H,7-10,13-16H2,(H,31,32,33,34)/t22-,23+,25-/m0/s1. The van der Waals surface area contributed by atoms with E-state index in [4.69, 9.17) is 14.6 Å². The number of nitriles is 1. The number of morpholine rings is 1. The number of nitrogens with zero attached hydrogens (tertiary/aromatic N) is 6. The highest BCUT2D eigenvalue weighted by atomic mass is 19.1. The van der Waals surface area contributed by atoms with Gasteiger partial charge in [-0.2, -0.15) is 10.2 Å². The molecule has 0 aliphatic carbocycles. The van der Waals surface area contributed by atoms with E-state index in [-0.39, 0.29) is 43.5 Å². The van der Waals surface area contributed by atoms with Crippen LogP contribution >= 0.6 is 0 Å². The van der Waals surface area contributed by atoms with Crippen molar-refractivity contribution in [2.75, 3.05) is 56.2 Å². The molecular weight excluding hydrogens is 533 g/mol. The molecule has 2 aliphatic rings. The van der Waals surface area contributed by atoms with Crippen molar-refractivity contribution in [3.63, 3.8) is 0 Å². The van der Waals surface area contributed by atoms with Crippen LogP contribution in [-0.2, 0) is 9.53 Å². The molecule has 3 N–H and O–H groups in total. The average Bonchev–Trinajstić information content (AvgIpc) is 3.02. The van der Waals surface area contributed by atoms with Crippen molar-refractivity contribution < 1.29 is 28.9 Å². The number of hydrogen-bond acceptors (Lipinski definition) is 11. The van der Waals surface area contributed by atoms with Gasteiger partial charge in [0.05, 0.1) is 31.4 Å². The summed E-state index contributed by atoms with van der Waals surface area (Å²) in [6.07, 6.45) is -0.876. The SMILES string of the molecule is N#Cc1cc(-c2ncnc(Nc3ccc(N4CCO[C@H](CO)C4)cc3)n2)ccc1O[C@H]1CCN(C(=O)CO)C[C@H]1F. The first-order valence-electron chi connectivity index (χ1n) is 13.2. The number of ether oxygens (including phenoxy) is 2. The van der Waals surface area contributed by atoms with Gasteiger partial charge in [-0.25, -0.2) is 14.4 Å². The van der Waals surface area contributed by atoms with Gasteiger partial charge in [-0.1, -0.05) is 0 Å². The second kappa shape index (κ2) is 12.9. The first-order chi connectivity index (χ1) is 20.0. The van der Waals surface area contributed by atoms with E-state index in [1.807, 2.05) is 24.3 Å². The van der Waals surface area contributed by atoms with Gasteiger partial charge in [0, 0.05) is 43.0 Å². The van der Waals surface area contributed by atoms with E-state index in [1.54, 1.807) is 18.2 Å². The zero-order valence-electron chi connectivity index (χ0n) is 22.2. The molecule has 2 aliphatic heterocycles. The minimum Gasteiger partial charge on any atom is -0.486 e. The molecule has 5 rings (SSSR count). The molecule has 3 atom stereocenters. The third-order valence-electron chi connectivity index (χ3n) is 7.01. The van der Waals surface area contributed by atoms with Crippen molar-refractivity contribution in [1.82, 2.24) is 19.9 Å². The van der Waals surface area contributed by atoms with Crippen LogP contribution in [0.5, 0.6) is 5.75 Å². The van der Waals surface area contributed by atoms with Gasteiger partial charge in [0.2, 0.25) is 11.9 Å². The lowest BCUT2D eigenvalue weighted by atomic mass is 10.0. The highest BCUT2D eigenvalue weighted by Crippen LogP contribution is 2.29. The number of aliphatic hydroxyl groups excluding tert-OH is 2. The highest BCUT2D eigenvalue weighted by molar-refractivity contribution is 5.77. The number of halogens is 1. The summed E-state index contributed by atoms with van der Waals surface area (Å²) in [7, 11) is 0. The number of carbonyl (C=O) groups excluding carboxylic acids is 1. The average molecular weight is 564 g/mol. The van der Waals surface area contributed by atoms with Gasteiger partial charge in [0.15, 0.2) is 12.0 Å². The molecule has 41 heavy (non-hydrogen) atoms. The monoisotopic (exact) mass is 563 g/mol. The molecular formula is C28H30FN7O5. The Morgan fingerprint density at radius 3 is 2.73 bits per heavy atom. The molecule has 0 saturated carbocycles. The van der Waals surface area contributed by atoms with Crippen LogP contribution < -0.4 is 15.0 Å². The third kappa shape index (κ3) is 6.68. The second-order valence-electron chi connectivity index (χ2n) is 9.71. The van der Waals surface area contributed by atoms with Crippen molar-refractivity contribution in [3.8, 4) is 23.2 Å². The number of amides is 1. The van der Waals surface area contributed by atoms with Crippen LogP contribution in [0.3, 0.4) is 0 Å². The Bertz CT molecular complexity index is 1400. The van der Waals surface area contributed by atoms with Crippen LogP contribution in [0.2, 0.25) is 0 Å². The molecule has 0 bridgehead atoms. The normalized spacial score (nSPS) is 20.8. The van der Waals surface area contributed by atoms with Gasteiger partial charge in [-0.05, 0) is 42.5 Å². The molecule has 214 valence electrons. The first-order valence-corrected chi connectivity index (χ1v) is 13.2. The number of hydrogen-bond donors (Lipinski definition) is 3. The fourth-order valence-corrected chi connectivity index (χ4v) is 4.81. The number of rotatable bonds is 8. The number of carbonyl (C=O) groups is 1. The molecule has 3 heterocycles. The Labute approximate surface area is 236 Å². The molecule has 1 amide bonds. The maximum absolute atomic E-state index is 14.7. The summed E-state index contributed by atoms with van der Waals surface area (Å²) < 4.78 is 26.0. The van der Waals surface area contributed by atoms with Crippen molar-refractivity contribution in [2.24, 2.45) is 0 Å². The molecule has 0 radical (unpaired) electrons. The van der Waals surface area contributed by atoms with Crippen molar-refractivity contribution in [3.05, 3.63) is 54.4 Å². The number of aromatic nitrogens is 3. The Morgan fingerprint density at radius 1 is 1.17 bits per heavy atom. The largest absolute Gasteiger partial charge is 0.486 e. The Balaban J connectivity index is 1.25. The Hall–Kier alpha value is -4.38. The van der Waals surface area contributed by atoms with E-state index >= 15 is 0 Å². The van der Waals surface area contributed by atoms with Crippen LogP contribution in [0, 0.1) is 11.3 Å². The van der Waals surface area contributed by atoms with E-state index < -0.39 is 24.8 Å². The molecule has 1 aromatic heterocycles. The molecule has 2 fully saturated rings. The summed E-state index contributed by atoms with van der Waals surface area (Å²) in [4.78, 5) is 28.0. The van der Waals surface area contributed by atoms with Crippen LogP contribution in [0.25, 0.3) is 11.4 Å². The summed E-state index contributed by atoms with van der Waals surface area (Å²) in [5.74, 6) is 0.354. The molecule has 13 heteroatoms. The molecule has 3 aromatic rings. The molecule has 0 unspecified atom stereocenters. The number of benzene rings is 2. The number of alkyl halides is 1. The quantitative estimate of drug-likeness (QED) is 0.366. The first kappa shape index (κ1) is 28.2. The summed E-state index contributed by atoms with van der Waals surface area (Å²) >= 11 is 0. The van der Waals surface area contributed by atoms with E-state index in [2.05, 4.69) is 31.2 Å². The maximum Gasteiger partial charge on any atom is 0.248 e. The predicted molar refractivity (Wildman–Crippen MR) is 146 cm³/mol. The summed E-state index contributed by atoms with van der Waals surface area (Å²) in [6.45, 7) is 1.32. The molecule has 0 spiro atoms. The van der Waals surface area contributed by atoms with Gasteiger partial charge in [0.1, 0.15) is 30.9 Å². The van der Waals surface area contributed by atoms with Crippen LogP contribution in [-0.4, -0.2) is 100 Å². The van der Waals surface area contributed by atoms with Gasteiger partial charge in [-0.15, -0.1) is 0 Å². The van der Waals surface area contributed by atoms with Gasteiger partial charge in [-0.3, -0.25) is 4.79 Å². The fourth-order valence-electron chi connectivity index (χ4n) is 4.81. The summed E-state index contributed by atoms with van der Waals surface area (Å²) in [5, 5.41) is 31.3. The van der Waals surface area contributed by atoms with Gasteiger partial charge < -0.3 is 34.8 Å². The lowest BCUT2D eigenvalue weighted by Crippen LogP contribution is -2.50. The van der Waals surface area contributed by atoms with E-state index in [0.29, 0.717) is 30.5 Å². The minimum absolute atomic E-state index is 0.0176. The van der Waals surface area contributed by atoms with E-state index in [1.165, 1.54) is 11.2 Å². The zero-order valence-corrected chi connectivity index (χ0v) is 22.2. The van der Waals surface area contributed by atoms with Crippen LogP contribution in [0.4, 0.5) is 21.7 Å². The van der Waals surface area contributed by atoms with Crippen LogP contribution in [0.1, 0.15) is 12.0 Å². The number of anilines is 3. The third-order valence-corrected chi connectivity index (χ3v) is 7.01. The van der Waals surface area contributed by atoms with E-state index in [9.17, 15) is 19.6 Å². The van der Waals surface area contributed by atoms with Gasteiger partial charge in [0.25, 0.3) is 0 Å². The Morgan fingerprint density at radius 2 is 2.00 bits per heavy atom. The molecule has 12 nitrogen and oxygen atoms in total. The van der Waals surface area contributed by atoms with Crippen molar-refractivity contribution in [1.29, 1.82) is 5.26 Å². The number of aliphatic hydroxyl groups is 2. The molecule has 2 aromatic carbocycles. The number of likely N-dealkylation sites (tertiary alicyclic amines) is 1. The predicted octanol–water partition coefficient (Wildman–Crippen LogP) is 1.66. The van der Waals surface area contributed by atoms with Crippen molar-refractivity contribution in [2.45, 2.75) is 24.8 Å². The van der Waals surface area contributed by atoms with Crippen molar-refractivity contribution >= 4 is 23.2 Å². The number of piperidine rings is 1.